The fraction of sp³-hybridized carbons (Fsp3) is 0.286. The van der Waals surface area contributed by atoms with Crippen molar-refractivity contribution in [3.63, 3.8) is 0 Å². The lowest BCUT2D eigenvalue weighted by Gasteiger charge is -2.12. The number of halogens is 1. The van der Waals surface area contributed by atoms with Crippen molar-refractivity contribution in [3.05, 3.63) is 45.4 Å². The van der Waals surface area contributed by atoms with E-state index in [2.05, 4.69) is 46.4 Å². The van der Waals surface area contributed by atoms with Crippen LogP contribution in [0.2, 0.25) is 0 Å². The van der Waals surface area contributed by atoms with Gasteiger partial charge in [0.2, 0.25) is 0 Å². The molecule has 0 fully saturated rings. The molecular formula is C14H16IN3O. The first-order valence-electron chi connectivity index (χ1n) is 6.07. The molecule has 0 saturated heterocycles. The fourth-order valence-electron chi connectivity index (χ4n) is 1.64. The van der Waals surface area contributed by atoms with E-state index in [0.717, 1.165) is 15.0 Å². The van der Waals surface area contributed by atoms with Gasteiger partial charge in [-0.25, -0.2) is 9.97 Å². The molecule has 1 heterocycles. The molecule has 1 aromatic carbocycles. The Bertz CT molecular complexity index is 558. The average molecular weight is 369 g/mol. The minimum absolute atomic E-state index is 0.313. The molecule has 100 valence electrons. The van der Waals surface area contributed by atoms with Crippen molar-refractivity contribution in [2.24, 2.45) is 0 Å². The third kappa shape index (κ3) is 3.56. The predicted molar refractivity (Wildman–Crippen MR) is 84.0 cm³/mol. The summed E-state index contributed by atoms with van der Waals surface area (Å²) in [5.74, 6) is 2.25. The van der Waals surface area contributed by atoms with E-state index in [9.17, 15) is 0 Å². The van der Waals surface area contributed by atoms with Gasteiger partial charge in [-0.15, -0.1) is 0 Å². The molecule has 5 heteroatoms. The monoisotopic (exact) mass is 369 g/mol. The van der Waals surface area contributed by atoms with Gasteiger partial charge < -0.3 is 10.5 Å². The van der Waals surface area contributed by atoms with E-state index >= 15 is 0 Å². The molecular weight excluding hydrogens is 353 g/mol. The van der Waals surface area contributed by atoms with Crippen LogP contribution in [0.15, 0.2) is 30.3 Å². The van der Waals surface area contributed by atoms with Crippen LogP contribution in [-0.2, 0) is 6.61 Å². The first-order chi connectivity index (χ1) is 9.08. The van der Waals surface area contributed by atoms with Crippen molar-refractivity contribution in [3.8, 4) is 5.75 Å². The number of aromatic nitrogens is 2. The molecule has 0 unspecified atom stereocenters. The number of ether oxygens (including phenoxy) is 1. The van der Waals surface area contributed by atoms with Gasteiger partial charge in [0, 0.05) is 0 Å². The van der Waals surface area contributed by atoms with E-state index < -0.39 is 0 Å². The highest BCUT2D eigenvalue weighted by atomic mass is 127. The highest BCUT2D eigenvalue weighted by molar-refractivity contribution is 14.1. The van der Waals surface area contributed by atoms with E-state index in [-0.39, 0.29) is 0 Å². The Morgan fingerprint density at radius 1 is 1.21 bits per heavy atom. The average Bonchev–Trinajstić information content (AvgIpc) is 2.41. The van der Waals surface area contributed by atoms with Crippen molar-refractivity contribution in [1.29, 1.82) is 0 Å². The van der Waals surface area contributed by atoms with Gasteiger partial charge in [0.1, 0.15) is 18.2 Å². The molecule has 19 heavy (non-hydrogen) atoms. The molecule has 4 nitrogen and oxygen atoms in total. The van der Waals surface area contributed by atoms with Gasteiger partial charge in [-0.1, -0.05) is 32.0 Å². The molecule has 2 N–H and O–H groups in total. The molecule has 0 amide bonds. The van der Waals surface area contributed by atoms with Crippen LogP contribution in [0.4, 0.5) is 5.82 Å². The second-order valence-electron chi connectivity index (χ2n) is 4.48. The Kier molecular flexibility index (Phi) is 4.57. The number of hydrogen-bond acceptors (Lipinski definition) is 4. The van der Waals surface area contributed by atoms with Gasteiger partial charge in [0.15, 0.2) is 5.82 Å². The molecule has 0 bridgehead atoms. The lowest BCUT2D eigenvalue weighted by Crippen LogP contribution is -2.10. The third-order valence-electron chi connectivity index (χ3n) is 2.61. The van der Waals surface area contributed by atoms with Crippen LogP contribution >= 0.6 is 22.6 Å². The van der Waals surface area contributed by atoms with Crippen LogP contribution in [0, 0.1) is 3.57 Å². The topological polar surface area (TPSA) is 61.0 Å². The van der Waals surface area contributed by atoms with Gasteiger partial charge in [-0.3, -0.25) is 0 Å². The highest BCUT2D eigenvalue weighted by Gasteiger charge is 2.13. The van der Waals surface area contributed by atoms with Crippen LogP contribution < -0.4 is 10.5 Å². The quantitative estimate of drug-likeness (QED) is 0.840. The Hall–Kier alpha value is -1.37. The number of benzene rings is 1. The number of para-hydroxylation sites is 1. The minimum atomic E-state index is 0.313. The number of nitrogen functional groups attached to an aromatic ring is 1. The number of anilines is 1. The number of nitrogens with zero attached hydrogens (tertiary/aromatic N) is 2. The number of hydrogen-bond donors (Lipinski definition) is 1. The molecule has 0 aliphatic rings. The van der Waals surface area contributed by atoms with E-state index in [1.807, 2.05) is 30.3 Å². The van der Waals surface area contributed by atoms with Crippen molar-refractivity contribution < 1.29 is 4.74 Å². The van der Waals surface area contributed by atoms with Crippen molar-refractivity contribution in [2.45, 2.75) is 26.4 Å². The van der Waals surface area contributed by atoms with Crippen LogP contribution in [0.3, 0.4) is 0 Å². The van der Waals surface area contributed by atoms with Crippen LogP contribution in [0.25, 0.3) is 0 Å². The summed E-state index contributed by atoms with van der Waals surface area (Å²) in [6.45, 7) is 4.50. The normalized spacial score (nSPS) is 10.7. The van der Waals surface area contributed by atoms with Gasteiger partial charge >= 0.3 is 0 Å². The second-order valence-corrected chi connectivity index (χ2v) is 5.56. The van der Waals surface area contributed by atoms with E-state index in [1.54, 1.807) is 0 Å². The Morgan fingerprint density at radius 3 is 2.53 bits per heavy atom. The first kappa shape index (κ1) is 14.0. The van der Waals surface area contributed by atoms with E-state index in [0.29, 0.717) is 24.2 Å². The summed E-state index contributed by atoms with van der Waals surface area (Å²) in [6.07, 6.45) is 0. The zero-order valence-electron chi connectivity index (χ0n) is 10.9. The van der Waals surface area contributed by atoms with Gasteiger partial charge in [-0.05, 0) is 40.6 Å². The maximum atomic E-state index is 5.91. The molecule has 0 atom stereocenters. The summed E-state index contributed by atoms with van der Waals surface area (Å²) in [7, 11) is 0. The summed E-state index contributed by atoms with van der Waals surface area (Å²) in [6, 6.07) is 9.61. The van der Waals surface area contributed by atoms with Crippen LogP contribution in [0.1, 0.15) is 31.3 Å². The lowest BCUT2D eigenvalue weighted by atomic mass is 10.1. The van der Waals surface area contributed by atoms with Crippen LogP contribution in [0.5, 0.6) is 5.75 Å². The highest BCUT2D eigenvalue weighted by Crippen LogP contribution is 2.23. The predicted octanol–water partition coefficient (Wildman–Crippen LogP) is 3.37. The fourth-order valence-corrected chi connectivity index (χ4v) is 2.51. The Balaban J connectivity index is 2.17. The molecule has 2 aromatic rings. The second kappa shape index (κ2) is 6.18. The lowest BCUT2D eigenvalue weighted by molar-refractivity contribution is 0.295. The molecule has 0 saturated carbocycles. The van der Waals surface area contributed by atoms with Crippen molar-refractivity contribution in [1.82, 2.24) is 9.97 Å². The maximum Gasteiger partial charge on any atom is 0.168 e. The third-order valence-corrected chi connectivity index (χ3v) is 3.71. The first-order valence-corrected chi connectivity index (χ1v) is 7.15. The van der Waals surface area contributed by atoms with E-state index in [1.165, 1.54) is 0 Å². The van der Waals surface area contributed by atoms with Gasteiger partial charge in [0.05, 0.1) is 9.26 Å². The maximum absolute atomic E-state index is 5.91. The summed E-state index contributed by atoms with van der Waals surface area (Å²) in [5.41, 5.74) is 6.89. The Labute approximate surface area is 126 Å². The summed E-state index contributed by atoms with van der Waals surface area (Å²) >= 11 is 2.19. The smallest absolute Gasteiger partial charge is 0.168 e. The summed E-state index contributed by atoms with van der Waals surface area (Å²) in [5, 5.41) is 0. The standard InChI is InChI=1S/C14H16IN3O/c1-9(2)13-12(15)14(16)18-11(17-13)8-19-10-6-4-3-5-7-10/h3-7,9H,8H2,1-2H3,(H2,16,17,18). The van der Waals surface area contributed by atoms with Crippen molar-refractivity contribution >= 4 is 28.4 Å². The SMILES string of the molecule is CC(C)c1nc(COc2ccccc2)nc(N)c1I. The number of nitrogens with two attached hydrogens (primary N) is 1. The van der Waals surface area contributed by atoms with Gasteiger partial charge in [0.25, 0.3) is 0 Å². The summed E-state index contributed by atoms with van der Waals surface area (Å²) < 4.78 is 6.57. The molecule has 0 aliphatic carbocycles. The van der Waals surface area contributed by atoms with Crippen molar-refractivity contribution in [2.75, 3.05) is 5.73 Å². The summed E-state index contributed by atoms with van der Waals surface area (Å²) in [4.78, 5) is 8.79. The Morgan fingerprint density at radius 2 is 1.89 bits per heavy atom. The van der Waals surface area contributed by atoms with Crippen LogP contribution in [-0.4, -0.2) is 9.97 Å². The van der Waals surface area contributed by atoms with E-state index in [4.69, 9.17) is 10.5 Å². The molecule has 0 spiro atoms. The number of rotatable bonds is 4. The molecule has 0 radical (unpaired) electrons. The minimum Gasteiger partial charge on any atom is -0.486 e. The molecule has 1 aromatic heterocycles. The zero-order chi connectivity index (χ0) is 13.8. The molecule has 0 aliphatic heterocycles. The zero-order valence-corrected chi connectivity index (χ0v) is 13.1. The van der Waals surface area contributed by atoms with Gasteiger partial charge in [-0.2, -0.15) is 0 Å². The molecule has 2 rings (SSSR count). The largest absolute Gasteiger partial charge is 0.486 e.